The second kappa shape index (κ2) is 41.7. The van der Waals surface area contributed by atoms with Gasteiger partial charge < -0.3 is 81.5 Å². The fourth-order valence-electron chi connectivity index (χ4n) is 5.83. The molecule has 7 amide bonds. The average Bonchev–Trinajstić information content (AvgIpc) is 3.78. The smallest absolute Gasteiger partial charge is 0.407 e. The molecule has 72 heavy (non-hydrogen) atoms. The van der Waals surface area contributed by atoms with Crippen LogP contribution in [0.4, 0.5) is 4.79 Å². The quantitative estimate of drug-likeness (QED) is 0.0180. The number of unbranched alkanes of at least 4 members (excludes halogenated alkanes) is 2. The van der Waals surface area contributed by atoms with Gasteiger partial charge in [0.15, 0.2) is 0 Å². The monoisotopic (exact) mass is 1080 g/mol. The number of aliphatic hydroxyl groups is 1. The lowest BCUT2D eigenvalue weighted by molar-refractivity contribution is -0.277. The topological polar surface area (TPSA) is 420 Å². The summed E-state index contributed by atoms with van der Waals surface area (Å²) in [5.74, 6) is -5.09. The molecule has 32 heteroatoms. The Labute approximate surface area is 418 Å². The minimum Gasteiger partial charge on any atom is -0.443 e. The van der Waals surface area contributed by atoms with Crippen molar-refractivity contribution in [2.75, 3.05) is 99.2 Å². The van der Waals surface area contributed by atoms with Gasteiger partial charge in [-0.15, -0.1) is 5.10 Å². The van der Waals surface area contributed by atoms with Crippen LogP contribution in [0.2, 0.25) is 0 Å². The van der Waals surface area contributed by atoms with Crippen molar-refractivity contribution in [2.24, 2.45) is 5.73 Å². The summed E-state index contributed by atoms with van der Waals surface area (Å²) in [5.41, 5.74) is 5.81. The van der Waals surface area contributed by atoms with Gasteiger partial charge in [0, 0.05) is 84.3 Å². The van der Waals surface area contributed by atoms with Crippen molar-refractivity contribution < 1.29 is 90.3 Å². The van der Waals surface area contributed by atoms with Crippen LogP contribution in [0.5, 0.6) is 0 Å². The number of aryl methyl sites for hydroxylation is 1. The molecule has 1 rings (SSSR count). The second-order valence-electron chi connectivity index (χ2n) is 15.5. The van der Waals surface area contributed by atoms with E-state index in [2.05, 4.69) is 56.6 Å². The Morgan fingerprint density at radius 2 is 1.12 bits per heavy atom. The summed E-state index contributed by atoms with van der Waals surface area (Å²) in [7, 11) is -5.57. The van der Waals surface area contributed by atoms with Gasteiger partial charge in [-0.1, -0.05) is 5.21 Å². The molecule has 0 aliphatic carbocycles. The van der Waals surface area contributed by atoms with Gasteiger partial charge >= 0.3 is 22.6 Å². The Morgan fingerprint density at radius 3 is 1.64 bits per heavy atom. The zero-order chi connectivity index (χ0) is 53.2. The van der Waals surface area contributed by atoms with Crippen molar-refractivity contribution in [3.05, 3.63) is 11.9 Å². The molecule has 0 aliphatic heterocycles. The molecule has 0 aromatic carbocycles. The van der Waals surface area contributed by atoms with Crippen LogP contribution >= 0.6 is 16.5 Å². The van der Waals surface area contributed by atoms with Crippen LogP contribution in [0.1, 0.15) is 82.7 Å². The molecule has 0 aliphatic rings. The highest BCUT2D eigenvalue weighted by atomic mass is 31.1. The first-order chi connectivity index (χ1) is 34.5. The van der Waals surface area contributed by atoms with Gasteiger partial charge in [-0.25, -0.2) is 4.79 Å². The number of aromatic nitrogens is 3. The Hall–Kier alpha value is -4.71. The number of carbonyl (C=O) groups excluding carboxylic acids is 7. The van der Waals surface area contributed by atoms with E-state index in [-0.39, 0.29) is 121 Å². The maximum absolute atomic E-state index is 12.4. The number of nitrogens with one attached hydrogen (secondary N) is 7. The van der Waals surface area contributed by atoms with E-state index in [0.717, 1.165) is 6.54 Å². The van der Waals surface area contributed by atoms with E-state index in [4.69, 9.17) is 39.2 Å². The summed E-state index contributed by atoms with van der Waals surface area (Å²) in [6.07, 6.45) is 2.56. The molecule has 0 saturated heterocycles. The highest BCUT2D eigenvalue weighted by Crippen LogP contribution is 2.35. The molecule has 2 unspecified atom stereocenters. The van der Waals surface area contributed by atoms with E-state index < -0.39 is 52.9 Å². The zero-order valence-electron chi connectivity index (χ0n) is 40.7. The number of hydrogen-bond donors (Lipinski definition) is 11. The van der Waals surface area contributed by atoms with Gasteiger partial charge in [0.2, 0.25) is 35.4 Å². The molecular formula is C40H75N11O19P2. The molecule has 1 aromatic heterocycles. The Bertz CT molecular complexity index is 1770. The van der Waals surface area contributed by atoms with Crippen LogP contribution in [0.25, 0.3) is 0 Å². The van der Waals surface area contributed by atoms with Crippen molar-refractivity contribution in [1.82, 2.24) is 52.2 Å². The first kappa shape index (κ1) is 65.3. The number of alkyl carbamates (subject to hydrolysis) is 1. The third kappa shape index (κ3) is 38.0. The first-order valence-electron chi connectivity index (χ1n) is 23.5. The molecular weight excluding hydrogens is 1000 g/mol. The van der Waals surface area contributed by atoms with Gasteiger partial charge in [0.1, 0.15) is 18.3 Å². The SMILES string of the molecule is CNCCOCCOCCNC(=O)CCC(=O)NCCOCCOCCNC(=O)CCC(=O)N[C@@H](CCCCNC(=O)CCCCn1cc(COC(=O)NCCCC(O)(O[PH](=O)O)O[PH](=O)O)nn1)C(N)=O. The number of likely N-dealkylation sites (N-methyl/N-ethyl adjacent to an activating group) is 1. The van der Waals surface area contributed by atoms with E-state index in [1.807, 2.05) is 7.05 Å². The molecule has 0 bridgehead atoms. The van der Waals surface area contributed by atoms with Gasteiger partial charge in [-0.2, -0.15) is 0 Å². The van der Waals surface area contributed by atoms with Crippen molar-refractivity contribution in [2.45, 2.75) is 102 Å². The number of ether oxygens (including phenoxy) is 5. The Morgan fingerprint density at radius 1 is 0.639 bits per heavy atom. The standard InChI is InChI=1S/C40H75N11O19P2/c1-42-16-21-64-25-26-65-22-17-44-34(53)9-10-35(54)45-18-23-66-27-28-67-24-19-46-36(55)11-12-37(56)48-32(38(41)57)7-2-4-14-43-33(52)8-3-5-20-51-29-31(49-50-51)30-68-39(58)47-15-6-13-40(59,69-71(60)61)70-72(62)63/h29,32,42,59,71-72H,2-28,30H2,1H3,(H2,41,57)(H,43,52)(H,44,53)(H,45,54)(H,46,55)(H,47,58)(H,48,56)(H,60,61)(H,62,63)/t32-/m0/s1. The summed E-state index contributed by atoms with van der Waals surface area (Å²) in [5, 5.41) is 36.5. The second-order valence-corrected chi connectivity index (χ2v) is 16.9. The van der Waals surface area contributed by atoms with Crippen molar-refractivity contribution in [3.8, 4) is 0 Å². The summed E-state index contributed by atoms with van der Waals surface area (Å²) < 4.78 is 58.3. The van der Waals surface area contributed by atoms with E-state index in [1.165, 1.54) is 4.68 Å². The number of primary amides is 1. The summed E-state index contributed by atoms with van der Waals surface area (Å²) in [4.78, 5) is 102. The molecule has 12 N–H and O–H groups in total. The average molecular weight is 1080 g/mol. The van der Waals surface area contributed by atoms with Gasteiger partial charge in [0.25, 0.3) is 5.97 Å². The number of nitrogens with zero attached hydrogens (tertiary/aromatic N) is 3. The fourth-order valence-corrected chi connectivity index (χ4v) is 6.75. The lowest BCUT2D eigenvalue weighted by Gasteiger charge is -2.24. The minimum absolute atomic E-state index is 0.0441. The summed E-state index contributed by atoms with van der Waals surface area (Å²) >= 11 is 0. The lowest BCUT2D eigenvalue weighted by atomic mass is 10.1. The van der Waals surface area contributed by atoms with Crippen molar-refractivity contribution >= 4 is 58.0 Å². The number of rotatable bonds is 46. The highest BCUT2D eigenvalue weighted by molar-refractivity contribution is 7.33. The molecule has 1 aromatic rings. The number of amides is 7. The fraction of sp³-hybridized carbons (Fsp3) is 0.775. The third-order valence-corrected chi connectivity index (χ3v) is 10.4. The molecule has 1 heterocycles. The lowest BCUT2D eigenvalue weighted by Crippen LogP contribution is -2.44. The maximum Gasteiger partial charge on any atom is 0.407 e. The van der Waals surface area contributed by atoms with Crippen molar-refractivity contribution in [1.29, 1.82) is 0 Å². The van der Waals surface area contributed by atoms with Gasteiger partial charge in [0.05, 0.1) is 59.1 Å². The number of hydrogen-bond acceptors (Lipinski definition) is 20. The molecule has 0 fully saturated rings. The molecule has 0 saturated carbocycles. The largest absolute Gasteiger partial charge is 0.443 e. The van der Waals surface area contributed by atoms with E-state index in [0.29, 0.717) is 77.4 Å². The molecule has 30 nitrogen and oxygen atoms in total. The van der Waals surface area contributed by atoms with E-state index >= 15 is 0 Å². The predicted molar refractivity (Wildman–Crippen MR) is 254 cm³/mol. The normalized spacial score (nSPS) is 13.2. The van der Waals surface area contributed by atoms with Crippen LogP contribution in [-0.4, -0.2) is 183 Å². The molecule has 3 atom stereocenters. The van der Waals surface area contributed by atoms with Gasteiger partial charge in [-0.3, -0.25) is 51.6 Å². The number of nitrogens with two attached hydrogens (primary N) is 1. The van der Waals surface area contributed by atoms with Crippen LogP contribution in [0.15, 0.2) is 6.20 Å². The predicted octanol–water partition coefficient (Wildman–Crippen LogP) is -2.65. The van der Waals surface area contributed by atoms with Gasteiger partial charge in [-0.05, 0) is 45.6 Å². The molecule has 0 radical (unpaired) electrons. The third-order valence-electron chi connectivity index (χ3n) is 9.44. The number of carbonyl (C=O) groups is 7. The van der Waals surface area contributed by atoms with Crippen LogP contribution in [0.3, 0.4) is 0 Å². The van der Waals surface area contributed by atoms with Crippen LogP contribution < -0.4 is 43.0 Å². The van der Waals surface area contributed by atoms with E-state index in [1.54, 1.807) is 6.20 Å². The van der Waals surface area contributed by atoms with Crippen LogP contribution in [-0.2, 0) is 83.8 Å². The first-order valence-corrected chi connectivity index (χ1v) is 26.0. The highest BCUT2D eigenvalue weighted by Gasteiger charge is 2.33. The van der Waals surface area contributed by atoms with Crippen LogP contribution in [0, 0.1) is 0 Å². The summed E-state index contributed by atoms with van der Waals surface area (Å²) in [6, 6.07) is -0.941. The zero-order valence-corrected chi connectivity index (χ0v) is 42.7. The minimum atomic E-state index is -3.70. The van der Waals surface area contributed by atoms with Crippen molar-refractivity contribution in [3.63, 3.8) is 0 Å². The Kier molecular flexibility index (Phi) is 37.8. The molecule has 0 spiro atoms. The molecule has 414 valence electrons. The van der Waals surface area contributed by atoms with E-state index in [9.17, 15) is 47.8 Å². The maximum atomic E-state index is 12.4. The Balaban J connectivity index is 2.05. The summed E-state index contributed by atoms with van der Waals surface area (Å²) in [6.45, 7) is 4.84.